The molecule has 1 atom stereocenters. The summed E-state index contributed by atoms with van der Waals surface area (Å²) >= 11 is 0. The van der Waals surface area contributed by atoms with Gasteiger partial charge in [-0.05, 0) is 36.6 Å². The van der Waals surface area contributed by atoms with Gasteiger partial charge in [0.2, 0.25) is 0 Å². The largest absolute Gasteiger partial charge is 0.495 e. The minimum absolute atomic E-state index is 0.107. The molecule has 1 aromatic carbocycles. The van der Waals surface area contributed by atoms with Crippen LogP contribution in [0, 0.1) is 5.92 Å². The maximum absolute atomic E-state index is 5.44. The molecule has 0 amide bonds. The monoisotopic (exact) mass is 284 g/mol. The molecule has 0 radical (unpaired) electrons. The Labute approximate surface area is 127 Å². The highest BCUT2D eigenvalue weighted by molar-refractivity contribution is 5.40. The first kappa shape index (κ1) is 15.5. The summed E-state index contributed by atoms with van der Waals surface area (Å²) in [5.74, 6) is 1.47. The van der Waals surface area contributed by atoms with E-state index in [0.29, 0.717) is 5.92 Å². The van der Waals surface area contributed by atoms with Crippen molar-refractivity contribution in [1.29, 1.82) is 0 Å². The van der Waals surface area contributed by atoms with Crippen molar-refractivity contribution in [2.24, 2.45) is 5.92 Å². The predicted molar refractivity (Wildman–Crippen MR) is 86.7 cm³/mol. The van der Waals surface area contributed by atoms with Gasteiger partial charge in [0, 0.05) is 11.8 Å². The molecule has 3 nitrogen and oxygen atoms in total. The average Bonchev–Trinajstić information content (AvgIpc) is 2.48. The second-order valence-electron chi connectivity index (χ2n) is 5.68. The van der Waals surface area contributed by atoms with E-state index in [1.54, 1.807) is 19.5 Å². The van der Waals surface area contributed by atoms with Crippen LogP contribution in [0.3, 0.4) is 0 Å². The number of aromatic nitrogens is 1. The van der Waals surface area contributed by atoms with E-state index >= 15 is 0 Å². The number of nitrogens with one attached hydrogen (secondary N) is 1. The van der Waals surface area contributed by atoms with Gasteiger partial charge in [-0.1, -0.05) is 38.1 Å². The lowest BCUT2D eigenvalue weighted by molar-refractivity contribution is 0.403. The summed E-state index contributed by atoms with van der Waals surface area (Å²) in [5.41, 5.74) is 3.73. The lowest BCUT2D eigenvalue weighted by Crippen LogP contribution is -2.18. The fraction of sp³-hybridized carbons (Fsp3) is 0.389. The minimum Gasteiger partial charge on any atom is -0.495 e. The first-order valence-corrected chi connectivity index (χ1v) is 7.39. The van der Waals surface area contributed by atoms with Crippen LogP contribution in [0.2, 0.25) is 0 Å². The van der Waals surface area contributed by atoms with Gasteiger partial charge in [0.05, 0.1) is 19.3 Å². The summed E-state index contributed by atoms with van der Waals surface area (Å²) < 4.78 is 5.44. The van der Waals surface area contributed by atoms with Crippen LogP contribution in [0.25, 0.3) is 0 Å². The van der Waals surface area contributed by atoms with Gasteiger partial charge in [-0.3, -0.25) is 4.98 Å². The Morgan fingerprint density at radius 2 is 2.05 bits per heavy atom. The van der Waals surface area contributed by atoms with Crippen LogP contribution in [-0.4, -0.2) is 19.1 Å². The maximum atomic E-state index is 5.44. The molecule has 112 valence electrons. The summed E-state index contributed by atoms with van der Waals surface area (Å²) in [4.78, 5) is 4.13. The van der Waals surface area contributed by atoms with Crippen molar-refractivity contribution in [2.45, 2.75) is 26.3 Å². The van der Waals surface area contributed by atoms with Gasteiger partial charge in [0.15, 0.2) is 0 Å². The summed E-state index contributed by atoms with van der Waals surface area (Å²) in [6.07, 6.45) is 4.66. The molecular weight excluding hydrogens is 260 g/mol. The van der Waals surface area contributed by atoms with Gasteiger partial charge in [-0.15, -0.1) is 0 Å². The van der Waals surface area contributed by atoms with Crippen molar-refractivity contribution in [3.8, 4) is 5.75 Å². The van der Waals surface area contributed by atoms with Gasteiger partial charge in [-0.2, -0.15) is 0 Å². The molecule has 0 saturated heterocycles. The molecule has 2 rings (SSSR count). The van der Waals surface area contributed by atoms with E-state index in [2.05, 4.69) is 48.4 Å². The van der Waals surface area contributed by atoms with Crippen LogP contribution in [-0.2, 0) is 6.42 Å². The number of methoxy groups -OCH3 is 1. The van der Waals surface area contributed by atoms with E-state index in [9.17, 15) is 0 Å². The zero-order valence-electron chi connectivity index (χ0n) is 13.3. The van der Waals surface area contributed by atoms with Gasteiger partial charge in [0.1, 0.15) is 5.75 Å². The van der Waals surface area contributed by atoms with E-state index in [4.69, 9.17) is 4.74 Å². The molecule has 0 aliphatic heterocycles. The first-order chi connectivity index (χ1) is 10.2. The molecule has 0 saturated carbocycles. The van der Waals surface area contributed by atoms with Gasteiger partial charge in [-0.25, -0.2) is 0 Å². The Morgan fingerprint density at radius 1 is 1.24 bits per heavy atom. The van der Waals surface area contributed by atoms with Crippen LogP contribution < -0.4 is 10.1 Å². The summed E-state index contributed by atoms with van der Waals surface area (Å²) in [7, 11) is 3.65. The minimum atomic E-state index is 0.107. The molecule has 1 aromatic heterocycles. The van der Waals surface area contributed by atoms with E-state index < -0.39 is 0 Å². The number of hydrogen-bond acceptors (Lipinski definition) is 3. The van der Waals surface area contributed by atoms with Crippen LogP contribution in [0.15, 0.2) is 42.7 Å². The highest BCUT2D eigenvalue weighted by atomic mass is 16.5. The lowest BCUT2D eigenvalue weighted by atomic mass is 9.95. The lowest BCUT2D eigenvalue weighted by Gasteiger charge is -2.20. The van der Waals surface area contributed by atoms with Crippen molar-refractivity contribution in [3.05, 3.63) is 59.4 Å². The Bertz CT molecular complexity index is 581. The topological polar surface area (TPSA) is 34.2 Å². The highest BCUT2D eigenvalue weighted by Crippen LogP contribution is 2.29. The van der Waals surface area contributed by atoms with Gasteiger partial charge < -0.3 is 10.1 Å². The van der Waals surface area contributed by atoms with Crippen molar-refractivity contribution in [1.82, 2.24) is 10.3 Å². The molecule has 0 bridgehead atoms. The van der Waals surface area contributed by atoms with Crippen LogP contribution in [0.4, 0.5) is 0 Å². The molecule has 0 spiro atoms. The fourth-order valence-corrected chi connectivity index (χ4v) is 2.67. The molecule has 2 aromatic rings. The van der Waals surface area contributed by atoms with E-state index in [0.717, 1.165) is 17.7 Å². The SMILES string of the molecule is CNC(c1cccc(CC(C)C)c1)c1ccncc1OC. The van der Waals surface area contributed by atoms with Crippen LogP contribution in [0.1, 0.15) is 36.6 Å². The van der Waals surface area contributed by atoms with E-state index in [1.165, 1.54) is 11.1 Å². The zero-order valence-corrected chi connectivity index (χ0v) is 13.3. The predicted octanol–water partition coefficient (Wildman–Crippen LogP) is 3.60. The number of rotatable bonds is 6. The second-order valence-corrected chi connectivity index (χ2v) is 5.68. The Morgan fingerprint density at radius 3 is 2.71 bits per heavy atom. The fourth-order valence-electron chi connectivity index (χ4n) is 2.67. The van der Waals surface area contributed by atoms with Gasteiger partial charge in [0.25, 0.3) is 0 Å². The molecule has 0 aliphatic carbocycles. The number of benzene rings is 1. The van der Waals surface area contributed by atoms with Crippen molar-refractivity contribution in [3.63, 3.8) is 0 Å². The quantitative estimate of drug-likeness (QED) is 0.880. The average molecular weight is 284 g/mol. The number of nitrogens with zero attached hydrogens (tertiary/aromatic N) is 1. The smallest absolute Gasteiger partial charge is 0.142 e. The molecular formula is C18H24N2O. The van der Waals surface area contributed by atoms with Crippen LogP contribution in [0.5, 0.6) is 5.75 Å². The number of hydrogen-bond donors (Lipinski definition) is 1. The van der Waals surface area contributed by atoms with Crippen molar-refractivity contribution in [2.75, 3.05) is 14.2 Å². The first-order valence-electron chi connectivity index (χ1n) is 7.39. The van der Waals surface area contributed by atoms with Crippen molar-refractivity contribution < 1.29 is 4.74 Å². The Kier molecular flexibility index (Phi) is 5.34. The van der Waals surface area contributed by atoms with Crippen molar-refractivity contribution >= 4 is 0 Å². The second kappa shape index (κ2) is 7.23. The third kappa shape index (κ3) is 3.82. The molecule has 0 fully saturated rings. The van der Waals surface area contributed by atoms with E-state index in [1.807, 2.05) is 13.1 Å². The summed E-state index contributed by atoms with van der Waals surface area (Å²) in [6, 6.07) is 10.9. The Hall–Kier alpha value is -1.87. The molecule has 3 heteroatoms. The standard InChI is InChI=1S/C18H24N2O/c1-13(2)10-14-6-5-7-15(11-14)18(19-3)16-8-9-20-12-17(16)21-4/h5-9,11-13,18-19H,10H2,1-4H3. The highest BCUT2D eigenvalue weighted by Gasteiger charge is 2.16. The molecule has 1 N–H and O–H groups in total. The molecule has 1 heterocycles. The number of ether oxygens (including phenoxy) is 1. The van der Waals surface area contributed by atoms with Crippen LogP contribution >= 0.6 is 0 Å². The number of pyridine rings is 1. The molecule has 21 heavy (non-hydrogen) atoms. The maximum Gasteiger partial charge on any atom is 0.142 e. The summed E-state index contributed by atoms with van der Waals surface area (Å²) in [6.45, 7) is 4.49. The third-order valence-electron chi connectivity index (χ3n) is 3.56. The molecule has 0 aliphatic rings. The zero-order chi connectivity index (χ0) is 15.2. The molecule has 1 unspecified atom stereocenters. The summed E-state index contributed by atoms with van der Waals surface area (Å²) in [5, 5.41) is 3.38. The normalized spacial score (nSPS) is 12.4. The van der Waals surface area contributed by atoms with Gasteiger partial charge >= 0.3 is 0 Å². The van der Waals surface area contributed by atoms with E-state index in [-0.39, 0.29) is 6.04 Å². The third-order valence-corrected chi connectivity index (χ3v) is 3.56. The Balaban J connectivity index is 2.37.